The van der Waals surface area contributed by atoms with Gasteiger partial charge < -0.3 is 11.1 Å². The van der Waals surface area contributed by atoms with E-state index in [9.17, 15) is 0 Å². The van der Waals surface area contributed by atoms with E-state index in [2.05, 4.69) is 30.2 Å². The summed E-state index contributed by atoms with van der Waals surface area (Å²) in [5, 5.41) is 3.37. The smallest absolute Gasteiger partial charge is 0.125 e. The van der Waals surface area contributed by atoms with Crippen molar-refractivity contribution < 1.29 is 0 Å². The second-order valence-electron chi connectivity index (χ2n) is 4.49. The van der Waals surface area contributed by atoms with Gasteiger partial charge in [-0.3, -0.25) is 0 Å². The van der Waals surface area contributed by atoms with Gasteiger partial charge in [0.05, 0.1) is 0 Å². The van der Waals surface area contributed by atoms with E-state index < -0.39 is 0 Å². The minimum Gasteiger partial charge on any atom is -0.369 e. The van der Waals surface area contributed by atoms with Crippen molar-refractivity contribution in [2.24, 2.45) is 11.1 Å². The first-order valence-corrected chi connectivity index (χ1v) is 6.02. The van der Waals surface area contributed by atoms with Crippen LogP contribution in [0.3, 0.4) is 0 Å². The molecule has 0 aliphatic carbocycles. The fourth-order valence-electron chi connectivity index (χ4n) is 1.71. The Morgan fingerprint density at radius 1 is 1.31 bits per heavy atom. The predicted molar refractivity (Wildman–Crippen MR) is 69.5 cm³/mol. The predicted octanol–water partition coefficient (Wildman–Crippen LogP) is 2.57. The molecule has 0 aromatic carbocycles. The van der Waals surface area contributed by atoms with E-state index in [0.717, 1.165) is 31.7 Å². The lowest BCUT2D eigenvalue weighted by molar-refractivity contribution is 0.294. The van der Waals surface area contributed by atoms with Crippen LogP contribution in [-0.4, -0.2) is 18.1 Å². The average Bonchev–Trinajstić information content (AvgIpc) is 2.34. The number of aromatic nitrogens is 1. The van der Waals surface area contributed by atoms with Crippen LogP contribution in [0, 0.1) is 12.3 Å². The molecule has 1 heterocycles. The molecule has 0 radical (unpaired) electrons. The lowest BCUT2D eigenvalue weighted by Crippen LogP contribution is -2.36. The maximum atomic E-state index is 5.86. The molecule has 1 aromatic heterocycles. The molecule has 0 amide bonds. The average molecular weight is 221 g/mol. The molecule has 16 heavy (non-hydrogen) atoms. The van der Waals surface area contributed by atoms with Gasteiger partial charge in [0.25, 0.3) is 0 Å². The maximum Gasteiger partial charge on any atom is 0.125 e. The van der Waals surface area contributed by atoms with Crippen molar-refractivity contribution in [2.75, 3.05) is 18.4 Å². The van der Waals surface area contributed by atoms with Crippen LogP contribution >= 0.6 is 0 Å². The van der Waals surface area contributed by atoms with Gasteiger partial charge in [-0.05, 0) is 43.4 Å². The molecule has 0 saturated carbocycles. The highest BCUT2D eigenvalue weighted by molar-refractivity contribution is 5.35. The van der Waals surface area contributed by atoms with Crippen molar-refractivity contribution in [1.29, 1.82) is 0 Å². The number of nitrogens with two attached hydrogens (primary N) is 1. The molecule has 3 N–H and O–H groups in total. The maximum absolute atomic E-state index is 5.86. The number of hydrogen-bond donors (Lipinski definition) is 2. The molecule has 0 saturated heterocycles. The van der Waals surface area contributed by atoms with Crippen molar-refractivity contribution in [3.8, 4) is 0 Å². The van der Waals surface area contributed by atoms with E-state index >= 15 is 0 Å². The number of aryl methyl sites for hydroxylation is 1. The molecule has 0 spiro atoms. The monoisotopic (exact) mass is 221 g/mol. The lowest BCUT2D eigenvalue weighted by atomic mass is 9.82. The van der Waals surface area contributed by atoms with Crippen LogP contribution in [0.1, 0.15) is 32.3 Å². The van der Waals surface area contributed by atoms with Gasteiger partial charge in [0.2, 0.25) is 0 Å². The third-order valence-corrected chi connectivity index (χ3v) is 3.49. The topological polar surface area (TPSA) is 50.9 Å². The van der Waals surface area contributed by atoms with Gasteiger partial charge in [-0.25, -0.2) is 4.98 Å². The SMILES string of the molecule is CCC(CC)(CN)CNc1ccc(C)cn1. The molecular formula is C13H23N3. The van der Waals surface area contributed by atoms with Crippen molar-refractivity contribution in [3.63, 3.8) is 0 Å². The Kier molecular flexibility index (Phi) is 4.74. The Morgan fingerprint density at radius 3 is 2.44 bits per heavy atom. The van der Waals surface area contributed by atoms with Crippen molar-refractivity contribution >= 4 is 5.82 Å². The molecular weight excluding hydrogens is 198 g/mol. The van der Waals surface area contributed by atoms with E-state index in [4.69, 9.17) is 5.73 Å². The minimum atomic E-state index is 0.201. The largest absolute Gasteiger partial charge is 0.369 e. The molecule has 90 valence electrons. The van der Waals surface area contributed by atoms with Crippen LogP contribution in [0.15, 0.2) is 18.3 Å². The molecule has 0 bridgehead atoms. The summed E-state index contributed by atoms with van der Waals surface area (Å²) in [6, 6.07) is 4.08. The summed E-state index contributed by atoms with van der Waals surface area (Å²) in [6.07, 6.45) is 4.07. The lowest BCUT2D eigenvalue weighted by Gasteiger charge is -2.30. The van der Waals surface area contributed by atoms with Gasteiger partial charge in [-0.15, -0.1) is 0 Å². The number of nitrogens with one attached hydrogen (secondary N) is 1. The standard InChI is InChI=1S/C13H23N3/c1-4-13(5-2,9-14)10-16-12-7-6-11(3)8-15-12/h6-8H,4-5,9-10,14H2,1-3H3,(H,15,16). The molecule has 0 unspecified atom stereocenters. The van der Waals surface area contributed by atoms with Crippen LogP contribution < -0.4 is 11.1 Å². The number of pyridine rings is 1. The number of hydrogen-bond acceptors (Lipinski definition) is 3. The molecule has 3 heteroatoms. The fourth-order valence-corrected chi connectivity index (χ4v) is 1.71. The summed E-state index contributed by atoms with van der Waals surface area (Å²) in [7, 11) is 0. The zero-order valence-corrected chi connectivity index (χ0v) is 10.6. The van der Waals surface area contributed by atoms with Crippen LogP contribution in [0.5, 0.6) is 0 Å². The van der Waals surface area contributed by atoms with E-state index in [1.807, 2.05) is 19.2 Å². The summed E-state index contributed by atoms with van der Waals surface area (Å²) in [6.45, 7) is 8.05. The van der Waals surface area contributed by atoms with Gasteiger partial charge in [0.15, 0.2) is 0 Å². The van der Waals surface area contributed by atoms with Gasteiger partial charge in [-0.1, -0.05) is 19.9 Å². The summed E-state index contributed by atoms with van der Waals surface area (Å²) < 4.78 is 0. The summed E-state index contributed by atoms with van der Waals surface area (Å²) in [5.74, 6) is 0.935. The molecule has 0 atom stereocenters. The fraction of sp³-hybridized carbons (Fsp3) is 0.615. The van der Waals surface area contributed by atoms with Crippen LogP contribution in [0.4, 0.5) is 5.82 Å². The molecule has 0 aliphatic heterocycles. The first-order valence-electron chi connectivity index (χ1n) is 6.02. The van der Waals surface area contributed by atoms with Gasteiger partial charge >= 0.3 is 0 Å². The van der Waals surface area contributed by atoms with E-state index in [1.165, 1.54) is 5.56 Å². The first-order chi connectivity index (χ1) is 7.65. The molecule has 1 aromatic rings. The second-order valence-corrected chi connectivity index (χ2v) is 4.49. The van der Waals surface area contributed by atoms with Crippen LogP contribution in [0.25, 0.3) is 0 Å². The Morgan fingerprint density at radius 2 is 2.00 bits per heavy atom. The van der Waals surface area contributed by atoms with Crippen molar-refractivity contribution in [2.45, 2.75) is 33.6 Å². The van der Waals surface area contributed by atoms with Crippen LogP contribution in [-0.2, 0) is 0 Å². The molecule has 0 fully saturated rings. The Bertz CT molecular complexity index is 293. The molecule has 1 rings (SSSR count). The van der Waals surface area contributed by atoms with Crippen molar-refractivity contribution in [3.05, 3.63) is 23.9 Å². The first kappa shape index (κ1) is 13.0. The highest BCUT2D eigenvalue weighted by Gasteiger charge is 2.23. The second kappa shape index (κ2) is 5.85. The molecule has 0 aliphatic rings. The highest BCUT2D eigenvalue weighted by atomic mass is 15.0. The normalized spacial score (nSPS) is 11.5. The third-order valence-electron chi connectivity index (χ3n) is 3.49. The number of anilines is 1. The Balaban J connectivity index is 2.58. The molecule has 3 nitrogen and oxygen atoms in total. The number of nitrogens with zero attached hydrogens (tertiary/aromatic N) is 1. The van der Waals surface area contributed by atoms with Gasteiger partial charge in [0, 0.05) is 12.7 Å². The zero-order valence-electron chi connectivity index (χ0n) is 10.6. The summed E-state index contributed by atoms with van der Waals surface area (Å²) in [5.41, 5.74) is 7.24. The Hall–Kier alpha value is -1.09. The van der Waals surface area contributed by atoms with Gasteiger partial charge in [0.1, 0.15) is 5.82 Å². The quantitative estimate of drug-likeness (QED) is 0.776. The van der Waals surface area contributed by atoms with E-state index in [1.54, 1.807) is 0 Å². The zero-order chi connectivity index (χ0) is 12.0. The van der Waals surface area contributed by atoms with Crippen LogP contribution in [0.2, 0.25) is 0 Å². The van der Waals surface area contributed by atoms with E-state index in [0.29, 0.717) is 0 Å². The highest BCUT2D eigenvalue weighted by Crippen LogP contribution is 2.24. The van der Waals surface area contributed by atoms with Crippen molar-refractivity contribution in [1.82, 2.24) is 4.98 Å². The van der Waals surface area contributed by atoms with Gasteiger partial charge in [-0.2, -0.15) is 0 Å². The Labute approximate surface area is 98.5 Å². The number of rotatable bonds is 6. The minimum absolute atomic E-state index is 0.201. The summed E-state index contributed by atoms with van der Waals surface area (Å²) >= 11 is 0. The third kappa shape index (κ3) is 3.20. The van der Waals surface area contributed by atoms with E-state index in [-0.39, 0.29) is 5.41 Å². The summed E-state index contributed by atoms with van der Waals surface area (Å²) in [4.78, 5) is 4.33.